The Labute approximate surface area is 197 Å². The molecule has 3 aromatic rings. The van der Waals surface area contributed by atoms with Gasteiger partial charge in [0.2, 0.25) is 15.9 Å². The number of halogens is 1. The van der Waals surface area contributed by atoms with E-state index in [1.54, 1.807) is 30.3 Å². The Morgan fingerprint density at radius 3 is 2.31 bits per heavy atom. The number of aryl methyl sites for hydroxylation is 1. The molecule has 0 bridgehead atoms. The normalized spacial score (nSPS) is 11.4. The number of hydrogen-bond acceptors (Lipinski definition) is 4. The summed E-state index contributed by atoms with van der Waals surface area (Å²) in [5.41, 5.74) is 2.36. The molecule has 1 amide bonds. The van der Waals surface area contributed by atoms with Crippen LogP contribution in [0, 0.1) is 6.92 Å². The molecule has 0 saturated carbocycles. The SMILES string of the molecule is CCOc1ccccc1NC(=O)CN(Cc1ccc(C)cc1)S(=O)(=O)c1ccc(Br)cc1. The zero-order valence-corrected chi connectivity index (χ0v) is 20.3. The molecule has 0 radical (unpaired) electrons. The number of hydrogen-bond donors (Lipinski definition) is 1. The van der Waals surface area contributed by atoms with Crippen LogP contribution in [0.4, 0.5) is 5.69 Å². The van der Waals surface area contributed by atoms with Crippen LogP contribution >= 0.6 is 15.9 Å². The molecule has 168 valence electrons. The number of carbonyl (C=O) groups is 1. The smallest absolute Gasteiger partial charge is 0.243 e. The van der Waals surface area contributed by atoms with Gasteiger partial charge in [0, 0.05) is 11.0 Å². The molecule has 6 nitrogen and oxygen atoms in total. The molecule has 0 atom stereocenters. The molecule has 0 aromatic heterocycles. The summed E-state index contributed by atoms with van der Waals surface area (Å²) in [6.07, 6.45) is 0. The number of nitrogens with one attached hydrogen (secondary N) is 1. The fourth-order valence-corrected chi connectivity index (χ4v) is 4.73. The Morgan fingerprint density at radius 1 is 1.00 bits per heavy atom. The van der Waals surface area contributed by atoms with Crippen molar-refractivity contribution >= 4 is 37.5 Å². The third-order valence-corrected chi connectivity index (χ3v) is 7.05. The molecular weight excluding hydrogens is 492 g/mol. The second-order valence-corrected chi connectivity index (χ2v) is 10.0. The first-order valence-corrected chi connectivity index (χ1v) is 12.4. The monoisotopic (exact) mass is 516 g/mol. The number of rotatable bonds is 9. The molecular formula is C24H25BrN2O4S. The van der Waals surface area contributed by atoms with E-state index < -0.39 is 15.9 Å². The van der Waals surface area contributed by atoms with Crippen LogP contribution < -0.4 is 10.1 Å². The lowest BCUT2D eigenvalue weighted by Crippen LogP contribution is -2.37. The Kier molecular flexibility index (Phi) is 8.06. The summed E-state index contributed by atoms with van der Waals surface area (Å²) in [5.74, 6) is 0.0779. The van der Waals surface area contributed by atoms with Gasteiger partial charge in [-0.3, -0.25) is 4.79 Å². The molecule has 0 spiro atoms. The summed E-state index contributed by atoms with van der Waals surface area (Å²) >= 11 is 3.32. The maximum Gasteiger partial charge on any atom is 0.243 e. The minimum absolute atomic E-state index is 0.0687. The lowest BCUT2D eigenvalue weighted by atomic mass is 10.1. The average Bonchev–Trinajstić information content (AvgIpc) is 2.76. The first-order chi connectivity index (χ1) is 15.3. The van der Waals surface area contributed by atoms with E-state index in [4.69, 9.17) is 4.74 Å². The van der Waals surface area contributed by atoms with Crippen molar-refractivity contribution in [1.82, 2.24) is 4.31 Å². The van der Waals surface area contributed by atoms with Crippen molar-refractivity contribution in [2.45, 2.75) is 25.3 Å². The predicted molar refractivity (Wildman–Crippen MR) is 129 cm³/mol. The number of anilines is 1. The highest BCUT2D eigenvalue weighted by Gasteiger charge is 2.27. The van der Waals surface area contributed by atoms with Crippen molar-refractivity contribution in [3.8, 4) is 5.75 Å². The van der Waals surface area contributed by atoms with E-state index in [0.29, 0.717) is 18.0 Å². The van der Waals surface area contributed by atoms with Crippen LogP contribution in [0.25, 0.3) is 0 Å². The van der Waals surface area contributed by atoms with Gasteiger partial charge < -0.3 is 10.1 Å². The maximum atomic E-state index is 13.4. The van der Waals surface area contributed by atoms with Crippen LogP contribution in [0.1, 0.15) is 18.1 Å². The first kappa shape index (κ1) is 24.0. The molecule has 0 saturated heterocycles. The highest BCUT2D eigenvalue weighted by molar-refractivity contribution is 9.10. The third-order valence-electron chi connectivity index (χ3n) is 4.71. The number of carbonyl (C=O) groups excluding carboxylic acids is 1. The standard InChI is InChI=1S/C24H25BrN2O4S/c1-3-31-23-7-5-4-6-22(23)26-24(28)17-27(16-19-10-8-18(2)9-11-19)32(29,30)21-14-12-20(25)13-15-21/h4-15H,3,16-17H2,1-2H3,(H,26,28). The lowest BCUT2D eigenvalue weighted by molar-refractivity contribution is -0.116. The number of para-hydroxylation sites is 2. The van der Waals surface area contributed by atoms with Gasteiger partial charge in [-0.2, -0.15) is 4.31 Å². The number of nitrogens with zero attached hydrogens (tertiary/aromatic N) is 1. The zero-order valence-electron chi connectivity index (χ0n) is 17.9. The van der Waals surface area contributed by atoms with Crippen LogP contribution in [0.3, 0.4) is 0 Å². The highest BCUT2D eigenvalue weighted by Crippen LogP contribution is 2.25. The predicted octanol–water partition coefficient (Wildman–Crippen LogP) is 4.99. The number of amides is 1. The summed E-state index contributed by atoms with van der Waals surface area (Å²) in [5, 5.41) is 2.78. The molecule has 3 aromatic carbocycles. The minimum Gasteiger partial charge on any atom is -0.492 e. The molecule has 0 fully saturated rings. The van der Waals surface area contributed by atoms with Crippen LogP contribution in [-0.2, 0) is 21.4 Å². The quantitative estimate of drug-likeness (QED) is 0.434. The number of benzene rings is 3. The second-order valence-electron chi connectivity index (χ2n) is 7.19. The van der Waals surface area contributed by atoms with E-state index in [2.05, 4.69) is 21.2 Å². The second kappa shape index (κ2) is 10.8. The molecule has 0 unspecified atom stereocenters. The van der Waals surface area contributed by atoms with Gasteiger partial charge in [-0.1, -0.05) is 57.9 Å². The van der Waals surface area contributed by atoms with Gasteiger partial charge in [0.25, 0.3) is 0 Å². The van der Waals surface area contributed by atoms with Gasteiger partial charge in [-0.15, -0.1) is 0 Å². The van der Waals surface area contributed by atoms with Crippen LogP contribution in [0.5, 0.6) is 5.75 Å². The van der Waals surface area contributed by atoms with Crippen molar-refractivity contribution < 1.29 is 17.9 Å². The van der Waals surface area contributed by atoms with Gasteiger partial charge in [-0.05, 0) is 55.8 Å². The van der Waals surface area contributed by atoms with Crippen molar-refractivity contribution in [1.29, 1.82) is 0 Å². The summed E-state index contributed by atoms with van der Waals surface area (Å²) in [4.78, 5) is 13.0. The number of sulfonamides is 1. The zero-order chi connectivity index (χ0) is 23.1. The molecule has 1 N–H and O–H groups in total. The van der Waals surface area contributed by atoms with Gasteiger partial charge in [-0.25, -0.2) is 8.42 Å². The third kappa shape index (κ3) is 6.18. The molecule has 0 aliphatic carbocycles. The van der Waals surface area contributed by atoms with Crippen molar-refractivity contribution in [3.63, 3.8) is 0 Å². The van der Waals surface area contributed by atoms with Crippen LogP contribution in [0.15, 0.2) is 82.2 Å². The fourth-order valence-electron chi connectivity index (χ4n) is 3.08. The fraction of sp³-hybridized carbons (Fsp3) is 0.208. The van der Waals surface area contributed by atoms with E-state index in [1.165, 1.54) is 16.4 Å². The first-order valence-electron chi connectivity index (χ1n) is 10.1. The Bertz CT molecular complexity index is 1160. The summed E-state index contributed by atoms with van der Waals surface area (Å²) in [6.45, 7) is 3.99. The van der Waals surface area contributed by atoms with Gasteiger partial charge in [0.1, 0.15) is 5.75 Å². The average molecular weight is 517 g/mol. The molecule has 0 aliphatic heterocycles. The molecule has 0 aliphatic rings. The van der Waals surface area contributed by atoms with Crippen molar-refractivity contribution in [2.75, 3.05) is 18.5 Å². The summed E-state index contributed by atoms with van der Waals surface area (Å²) < 4.78 is 34.3. The Hall–Kier alpha value is -2.68. The largest absolute Gasteiger partial charge is 0.492 e. The summed E-state index contributed by atoms with van der Waals surface area (Å²) in [7, 11) is -3.91. The van der Waals surface area contributed by atoms with E-state index in [0.717, 1.165) is 15.6 Å². The van der Waals surface area contributed by atoms with E-state index >= 15 is 0 Å². The van der Waals surface area contributed by atoms with E-state index in [9.17, 15) is 13.2 Å². The van der Waals surface area contributed by atoms with Gasteiger partial charge >= 0.3 is 0 Å². The topological polar surface area (TPSA) is 75.7 Å². The van der Waals surface area contributed by atoms with Gasteiger partial charge in [0.05, 0.1) is 23.7 Å². The minimum atomic E-state index is -3.91. The van der Waals surface area contributed by atoms with Crippen molar-refractivity contribution in [3.05, 3.63) is 88.4 Å². The van der Waals surface area contributed by atoms with E-state index in [-0.39, 0.29) is 18.0 Å². The summed E-state index contributed by atoms with van der Waals surface area (Å²) in [6, 6.07) is 21.0. The Morgan fingerprint density at radius 2 is 1.66 bits per heavy atom. The molecule has 8 heteroatoms. The van der Waals surface area contributed by atoms with Crippen molar-refractivity contribution in [2.24, 2.45) is 0 Å². The Balaban J connectivity index is 1.87. The lowest BCUT2D eigenvalue weighted by Gasteiger charge is -2.22. The van der Waals surface area contributed by atoms with E-state index in [1.807, 2.05) is 44.2 Å². The molecule has 0 heterocycles. The maximum absolute atomic E-state index is 13.4. The van der Waals surface area contributed by atoms with Crippen LogP contribution in [0.2, 0.25) is 0 Å². The molecule has 32 heavy (non-hydrogen) atoms. The molecule has 3 rings (SSSR count). The van der Waals surface area contributed by atoms with Crippen LogP contribution in [-0.4, -0.2) is 31.8 Å². The highest BCUT2D eigenvalue weighted by atomic mass is 79.9. The number of ether oxygens (including phenoxy) is 1. The van der Waals surface area contributed by atoms with Gasteiger partial charge in [0.15, 0.2) is 0 Å².